The van der Waals surface area contributed by atoms with Crippen LogP contribution in [0.15, 0.2) is 103 Å². The van der Waals surface area contributed by atoms with Gasteiger partial charge in [-0.25, -0.2) is 0 Å². The van der Waals surface area contributed by atoms with Crippen LogP contribution in [0.3, 0.4) is 0 Å². The Kier molecular flexibility index (Phi) is 6.18. The van der Waals surface area contributed by atoms with Gasteiger partial charge >= 0.3 is 0 Å². The lowest BCUT2D eigenvalue weighted by Gasteiger charge is -2.21. The molecule has 0 radical (unpaired) electrons. The topological polar surface area (TPSA) is 0 Å². The first-order valence-electron chi connectivity index (χ1n) is 8.43. The Hall–Kier alpha value is -1.95. The lowest BCUT2D eigenvalue weighted by Crippen LogP contribution is -2.29. The molecule has 3 aromatic carbocycles. The van der Waals surface area contributed by atoms with Gasteiger partial charge in [-0.15, -0.1) is 12.3 Å². The Morgan fingerprint density at radius 2 is 1.17 bits per heavy atom. The van der Waals surface area contributed by atoms with E-state index < -0.39 is 8.80 Å². The van der Waals surface area contributed by atoms with E-state index >= 15 is 0 Å². The maximum atomic E-state index is 4.13. The average molecular weight is 346 g/mol. The van der Waals surface area contributed by atoms with Crippen LogP contribution in [0, 0.1) is 0 Å². The fourth-order valence-electron chi connectivity index (χ4n) is 3.01. The van der Waals surface area contributed by atoms with Crippen LogP contribution in [0.2, 0.25) is 6.04 Å². The van der Waals surface area contributed by atoms with Crippen molar-refractivity contribution in [1.82, 2.24) is 0 Å². The van der Waals surface area contributed by atoms with Crippen LogP contribution in [-0.4, -0.2) is 15.0 Å². The van der Waals surface area contributed by atoms with E-state index in [0.29, 0.717) is 0 Å². The second kappa shape index (κ2) is 8.77. The van der Waals surface area contributed by atoms with Crippen molar-refractivity contribution >= 4 is 32.5 Å². The molecule has 1 unspecified atom stereocenters. The predicted octanol–water partition coefficient (Wildman–Crippen LogP) is 3.98. The van der Waals surface area contributed by atoms with Crippen molar-refractivity contribution in [3.05, 3.63) is 103 Å². The molecule has 24 heavy (non-hydrogen) atoms. The van der Waals surface area contributed by atoms with Crippen molar-refractivity contribution in [1.29, 1.82) is 0 Å². The van der Waals surface area contributed by atoms with E-state index in [0.717, 1.165) is 0 Å². The zero-order valence-electron chi connectivity index (χ0n) is 13.9. The first-order chi connectivity index (χ1) is 11.9. The van der Waals surface area contributed by atoms with Gasteiger partial charge in [0, 0.05) is 0 Å². The van der Waals surface area contributed by atoms with Crippen molar-refractivity contribution < 1.29 is 0 Å². The van der Waals surface area contributed by atoms with Gasteiger partial charge in [-0.3, -0.25) is 0 Å². The zero-order valence-corrected chi connectivity index (χ0v) is 15.9. The predicted molar refractivity (Wildman–Crippen MR) is 112 cm³/mol. The van der Waals surface area contributed by atoms with Crippen LogP contribution in [0.1, 0.15) is 0 Å². The maximum absolute atomic E-state index is 4.13. The number of rotatable bonds is 7. The summed E-state index contributed by atoms with van der Waals surface area (Å²) < 4.78 is 0. The molecule has 0 amide bonds. The Balaban J connectivity index is 1.81. The first-order valence-corrected chi connectivity index (χ1v) is 12.0. The molecule has 0 nitrogen and oxygen atoms in total. The lowest BCUT2D eigenvalue weighted by molar-refractivity contribution is 1.44. The van der Waals surface area contributed by atoms with Gasteiger partial charge in [-0.2, -0.15) is 0 Å². The van der Waals surface area contributed by atoms with Gasteiger partial charge in [0.05, 0.1) is 8.80 Å². The molecule has 0 N–H and O–H groups in total. The highest BCUT2D eigenvalue weighted by Crippen LogP contribution is 2.34. The Morgan fingerprint density at radius 3 is 1.62 bits per heavy atom. The molecule has 0 aromatic heterocycles. The third-order valence-corrected chi connectivity index (χ3v) is 10.1. The lowest BCUT2D eigenvalue weighted by atomic mass is 10.4. The van der Waals surface area contributed by atoms with Crippen LogP contribution in [-0.2, 0) is 0 Å². The highest BCUT2D eigenvalue weighted by molar-refractivity contribution is 7.73. The molecule has 0 spiro atoms. The van der Waals surface area contributed by atoms with E-state index in [1.165, 1.54) is 28.0 Å². The van der Waals surface area contributed by atoms with Crippen LogP contribution < -0.4 is 15.8 Å². The van der Waals surface area contributed by atoms with Gasteiger partial charge in [-0.05, 0) is 30.7 Å². The Morgan fingerprint density at radius 1 is 0.708 bits per heavy atom. The summed E-state index contributed by atoms with van der Waals surface area (Å²) in [6, 6.07) is 34.2. The third kappa shape index (κ3) is 4.32. The van der Waals surface area contributed by atoms with Crippen molar-refractivity contribution in [3.63, 3.8) is 0 Å². The zero-order chi connectivity index (χ0) is 16.6. The normalized spacial score (nSPS) is 12.0. The van der Waals surface area contributed by atoms with Gasteiger partial charge in [0.2, 0.25) is 0 Å². The number of hydrogen-bond donors (Lipinski definition) is 0. The van der Waals surface area contributed by atoms with Crippen LogP contribution in [0.5, 0.6) is 0 Å². The quantitative estimate of drug-likeness (QED) is 0.448. The summed E-state index contributed by atoms with van der Waals surface area (Å²) in [7, 11) is -1.39. The second-order valence-corrected chi connectivity index (χ2v) is 11.1. The molecule has 0 aliphatic carbocycles. The Labute approximate surface area is 148 Å². The van der Waals surface area contributed by atoms with E-state index in [-0.39, 0.29) is 7.92 Å². The van der Waals surface area contributed by atoms with Gasteiger partial charge in [0.25, 0.3) is 0 Å². The summed E-state index contributed by atoms with van der Waals surface area (Å²) in [6.07, 6.45) is 1.24. The minimum absolute atomic E-state index is 0.293. The number of benzene rings is 3. The first kappa shape index (κ1) is 16.9. The van der Waals surface area contributed by atoms with Gasteiger partial charge in [0.1, 0.15) is 0 Å². The van der Waals surface area contributed by atoms with Gasteiger partial charge in [-0.1, -0.05) is 96.2 Å². The van der Waals surface area contributed by atoms with E-state index in [4.69, 9.17) is 0 Å². The van der Waals surface area contributed by atoms with Crippen LogP contribution in [0.25, 0.3) is 0 Å². The highest BCUT2D eigenvalue weighted by Gasteiger charge is 2.17. The summed E-state index contributed by atoms with van der Waals surface area (Å²) in [4.78, 5) is 0. The summed E-state index contributed by atoms with van der Waals surface area (Å²) in [5, 5.41) is 4.45. The minimum atomic E-state index is -1.09. The highest BCUT2D eigenvalue weighted by atomic mass is 31.1. The molecule has 1 atom stereocenters. The molecule has 0 bridgehead atoms. The summed E-state index contributed by atoms with van der Waals surface area (Å²) in [5.74, 6) is 0. The fourth-order valence-corrected chi connectivity index (χ4v) is 8.59. The number of hydrogen-bond acceptors (Lipinski definition) is 0. The van der Waals surface area contributed by atoms with Crippen molar-refractivity contribution in [2.24, 2.45) is 0 Å². The molecule has 0 aliphatic rings. The van der Waals surface area contributed by atoms with E-state index in [1.807, 2.05) is 0 Å². The molecule has 0 aliphatic heterocycles. The minimum Gasteiger partial charge on any atom is -0.107 e. The standard InChI is InChI=1S/C22H23PSi/c1-2-24(22-16-10-5-11-17-22)19-18-23(20-12-6-3-7-13-20)21-14-8-4-9-15-21/h2-17,24H,1,18-19H2. The van der Waals surface area contributed by atoms with E-state index in [2.05, 4.69) is 103 Å². The molecule has 0 fully saturated rings. The molecule has 0 heterocycles. The molecular formula is C22H23PSi. The van der Waals surface area contributed by atoms with Gasteiger partial charge in [0.15, 0.2) is 0 Å². The molecular weight excluding hydrogens is 323 g/mol. The molecule has 0 saturated carbocycles. The third-order valence-electron chi connectivity index (χ3n) is 4.31. The van der Waals surface area contributed by atoms with Gasteiger partial charge < -0.3 is 0 Å². The summed E-state index contributed by atoms with van der Waals surface area (Å²) in [5.41, 5.74) is 2.23. The monoisotopic (exact) mass is 346 g/mol. The van der Waals surface area contributed by atoms with Crippen LogP contribution in [0.4, 0.5) is 0 Å². The van der Waals surface area contributed by atoms with Crippen molar-refractivity contribution in [3.8, 4) is 0 Å². The molecule has 3 aromatic rings. The molecule has 2 heteroatoms. The Bertz CT molecular complexity index is 701. The SMILES string of the molecule is C=C[SiH](CCP(c1ccccc1)c1ccccc1)c1ccccc1. The second-order valence-electron chi connectivity index (χ2n) is 5.86. The van der Waals surface area contributed by atoms with E-state index in [1.54, 1.807) is 0 Å². The van der Waals surface area contributed by atoms with Crippen LogP contribution >= 0.6 is 7.92 Å². The van der Waals surface area contributed by atoms with E-state index in [9.17, 15) is 0 Å². The average Bonchev–Trinajstić information content (AvgIpc) is 2.67. The van der Waals surface area contributed by atoms with Crippen molar-refractivity contribution in [2.45, 2.75) is 6.04 Å². The largest absolute Gasteiger partial charge is 0.107 e. The summed E-state index contributed by atoms with van der Waals surface area (Å²) >= 11 is 0. The maximum Gasteiger partial charge on any atom is 0.0937 e. The van der Waals surface area contributed by atoms with Crippen molar-refractivity contribution in [2.75, 3.05) is 6.16 Å². The molecule has 3 rings (SSSR count). The fraction of sp³-hybridized carbons (Fsp3) is 0.0909. The smallest absolute Gasteiger partial charge is 0.0937 e. The summed E-state index contributed by atoms with van der Waals surface area (Å²) in [6.45, 7) is 4.13. The molecule has 0 saturated heterocycles. The molecule has 120 valence electrons.